The Hall–Kier alpha value is -2.40. The van der Waals surface area contributed by atoms with Crippen molar-refractivity contribution in [2.45, 2.75) is 26.3 Å². The average Bonchev–Trinajstić information content (AvgIpc) is 3.02. The molecule has 0 bridgehead atoms. The van der Waals surface area contributed by atoms with Crippen LogP contribution in [-0.2, 0) is 0 Å². The van der Waals surface area contributed by atoms with Crippen molar-refractivity contribution in [3.8, 4) is 5.75 Å². The molecule has 3 rings (SSSR count). The number of nitrogens with two attached hydrogens (primary N) is 1. The maximum absolute atomic E-state index is 5.89. The van der Waals surface area contributed by atoms with Gasteiger partial charge in [-0.05, 0) is 49.3 Å². The highest BCUT2D eigenvalue weighted by molar-refractivity contribution is 7.80. The minimum absolute atomic E-state index is 0.0227. The number of benzene rings is 2. The molecule has 0 saturated carbocycles. The average molecular weight is 339 g/mol. The largest absolute Gasteiger partial charge is 0.494 e. The fourth-order valence-electron chi connectivity index (χ4n) is 2.85. The van der Waals surface area contributed by atoms with E-state index in [-0.39, 0.29) is 11.2 Å². The monoisotopic (exact) mass is 339 g/mol. The van der Waals surface area contributed by atoms with E-state index in [2.05, 4.69) is 48.4 Å². The number of hydrogen-bond donors (Lipinski definition) is 1. The molecular weight excluding hydrogens is 318 g/mol. The van der Waals surface area contributed by atoms with E-state index in [4.69, 9.17) is 22.7 Å². The zero-order chi connectivity index (χ0) is 17.1. The van der Waals surface area contributed by atoms with Gasteiger partial charge in [-0.3, -0.25) is 0 Å². The Bertz CT molecular complexity index is 753. The third-order valence-electron chi connectivity index (χ3n) is 4.10. The third kappa shape index (κ3) is 3.41. The van der Waals surface area contributed by atoms with Crippen LogP contribution in [0, 0.1) is 6.92 Å². The van der Waals surface area contributed by atoms with Crippen molar-refractivity contribution in [3.05, 3.63) is 65.2 Å². The van der Waals surface area contributed by atoms with Crippen molar-refractivity contribution in [2.24, 2.45) is 10.8 Å². The molecular formula is C19H21N3OS. The minimum atomic E-state index is 0.0227. The molecule has 0 amide bonds. The van der Waals surface area contributed by atoms with Gasteiger partial charge in [-0.2, -0.15) is 5.10 Å². The first kappa shape index (κ1) is 16.5. The number of nitrogens with zero attached hydrogens (tertiary/aromatic N) is 2. The summed E-state index contributed by atoms with van der Waals surface area (Å²) in [5.41, 5.74) is 10.4. The first-order valence-corrected chi connectivity index (χ1v) is 8.45. The molecule has 1 aliphatic heterocycles. The van der Waals surface area contributed by atoms with E-state index in [0.717, 1.165) is 29.0 Å². The summed E-state index contributed by atoms with van der Waals surface area (Å²) in [6.07, 6.45) is 0.772. The molecule has 1 atom stereocenters. The molecule has 0 fully saturated rings. The number of hydrazone groups is 1. The maximum atomic E-state index is 5.89. The lowest BCUT2D eigenvalue weighted by molar-refractivity contribution is 0.339. The van der Waals surface area contributed by atoms with Crippen LogP contribution in [0.15, 0.2) is 53.6 Å². The molecule has 5 heteroatoms. The van der Waals surface area contributed by atoms with Crippen LogP contribution in [0.3, 0.4) is 0 Å². The van der Waals surface area contributed by atoms with Crippen LogP contribution in [-0.4, -0.2) is 22.4 Å². The van der Waals surface area contributed by atoms with Gasteiger partial charge in [0.1, 0.15) is 5.75 Å². The highest BCUT2D eigenvalue weighted by Crippen LogP contribution is 2.33. The Kier molecular flexibility index (Phi) is 4.81. The van der Waals surface area contributed by atoms with Gasteiger partial charge in [-0.25, -0.2) is 5.01 Å². The molecule has 1 unspecified atom stereocenters. The number of hydrogen-bond acceptors (Lipinski definition) is 3. The van der Waals surface area contributed by atoms with Crippen LogP contribution in [0.2, 0.25) is 0 Å². The number of aryl methyl sites for hydroxylation is 1. The molecule has 0 aromatic heterocycles. The van der Waals surface area contributed by atoms with Crippen LogP contribution in [0.4, 0.5) is 0 Å². The van der Waals surface area contributed by atoms with Crippen LogP contribution < -0.4 is 10.5 Å². The zero-order valence-electron chi connectivity index (χ0n) is 13.9. The van der Waals surface area contributed by atoms with E-state index in [1.807, 2.05) is 19.1 Å². The predicted molar refractivity (Wildman–Crippen MR) is 101 cm³/mol. The molecule has 2 N–H and O–H groups in total. The topological polar surface area (TPSA) is 50.8 Å². The Morgan fingerprint density at radius 1 is 1.21 bits per heavy atom. The molecule has 0 aliphatic carbocycles. The Morgan fingerprint density at radius 2 is 1.88 bits per heavy atom. The summed E-state index contributed by atoms with van der Waals surface area (Å²) in [5, 5.41) is 6.68. The summed E-state index contributed by atoms with van der Waals surface area (Å²) in [7, 11) is 0. The summed E-state index contributed by atoms with van der Waals surface area (Å²) in [5.74, 6) is 0.862. The summed E-state index contributed by atoms with van der Waals surface area (Å²) in [6, 6.07) is 16.4. The van der Waals surface area contributed by atoms with Crippen LogP contribution >= 0.6 is 12.2 Å². The van der Waals surface area contributed by atoms with E-state index < -0.39 is 0 Å². The molecule has 0 spiro atoms. The highest BCUT2D eigenvalue weighted by Gasteiger charge is 2.30. The molecule has 4 nitrogen and oxygen atoms in total. The maximum Gasteiger partial charge on any atom is 0.187 e. The Balaban J connectivity index is 1.86. The summed E-state index contributed by atoms with van der Waals surface area (Å²) >= 11 is 5.20. The zero-order valence-corrected chi connectivity index (χ0v) is 14.7. The van der Waals surface area contributed by atoms with Gasteiger partial charge >= 0.3 is 0 Å². The van der Waals surface area contributed by atoms with E-state index in [9.17, 15) is 0 Å². The highest BCUT2D eigenvalue weighted by atomic mass is 32.1. The fraction of sp³-hybridized carbons (Fsp3) is 0.263. The fourth-order valence-corrected chi connectivity index (χ4v) is 3.01. The molecule has 24 heavy (non-hydrogen) atoms. The second-order valence-corrected chi connectivity index (χ2v) is 6.24. The van der Waals surface area contributed by atoms with Crippen molar-refractivity contribution in [2.75, 3.05) is 6.61 Å². The van der Waals surface area contributed by atoms with Crippen LogP contribution in [0.5, 0.6) is 5.75 Å². The molecule has 0 radical (unpaired) electrons. The number of ether oxygens (including phenoxy) is 1. The number of rotatable bonds is 4. The predicted octanol–water partition coefficient (Wildman–Crippen LogP) is 3.79. The van der Waals surface area contributed by atoms with E-state index in [1.165, 1.54) is 5.56 Å². The lowest BCUT2D eigenvalue weighted by atomic mass is 9.98. The molecule has 124 valence electrons. The van der Waals surface area contributed by atoms with Gasteiger partial charge in [0.2, 0.25) is 0 Å². The van der Waals surface area contributed by atoms with Crippen molar-refractivity contribution in [1.82, 2.24) is 5.01 Å². The smallest absolute Gasteiger partial charge is 0.187 e. The van der Waals surface area contributed by atoms with Gasteiger partial charge in [-0.15, -0.1) is 0 Å². The van der Waals surface area contributed by atoms with Gasteiger partial charge in [0.15, 0.2) is 5.11 Å². The molecule has 1 aliphatic rings. The van der Waals surface area contributed by atoms with Crippen molar-refractivity contribution in [1.29, 1.82) is 0 Å². The Labute approximate surface area is 147 Å². The van der Waals surface area contributed by atoms with Gasteiger partial charge in [0, 0.05) is 6.42 Å². The van der Waals surface area contributed by atoms with Crippen molar-refractivity contribution < 1.29 is 4.74 Å². The van der Waals surface area contributed by atoms with Crippen molar-refractivity contribution >= 4 is 23.0 Å². The summed E-state index contributed by atoms with van der Waals surface area (Å²) < 4.78 is 5.51. The second kappa shape index (κ2) is 7.01. The third-order valence-corrected chi connectivity index (χ3v) is 4.28. The van der Waals surface area contributed by atoms with Crippen LogP contribution in [0.1, 0.15) is 36.1 Å². The standard InChI is InChI=1S/C19H21N3OS/c1-3-23-16-10-8-15(9-11-16)18-12-17(21-22(18)19(20)24)14-6-4-13(2)5-7-14/h4-11,18H,3,12H2,1-2H3,(H2,20,24). The Morgan fingerprint density at radius 3 is 2.46 bits per heavy atom. The normalized spacial score (nSPS) is 16.8. The van der Waals surface area contributed by atoms with Gasteiger partial charge < -0.3 is 10.5 Å². The quantitative estimate of drug-likeness (QED) is 0.861. The van der Waals surface area contributed by atoms with Gasteiger partial charge in [-0.1, -0.05) is 42.0 Å². The first-order valence-electron chi connectivity index (χ1n) is 8.04. The SMILES string of the molecule is CCOc1ccc(C2CC(c3ccc(C)cc3)=NN2C(N)=S)cc1. The number of thiocarbonyl (C=S) groups is 1. The molecule has 2 aromatic rings. The lowest BCUT2D eigenvalue weighted by Crippen LogP contribution is -2.31. The molecule has 2 aromatic carbocycles. The summed E-state index contributed by atoms with van der Waals surface area (Å²) in [4.78, 5) is 0. The van der Waals surface area contributed by atoms with E-state index in [0.29, 0.717) is 6.61 Å². The van der Waals surface area contributed by atoms with Gasteiger partial charge in [0.05, 0.1) is 18.4 Å². The molecule has 1 heterocycles. The van der Waals surface area contributed by atoms with Crippen molar-refractivity contribution in [3.63, 3.8) is 0 Å². The lowest BCUT2D eigenvalue weighted by Gasteiger charge is -2.22. The van der Waals surface area contributed by atoms with E-state index >= 15 is 0 Å². The van der Waals surface area contributed by atoms with E-state index in [1.54, 1.807) is 5.01 Å². The summed E-state index contributed by atoms with van der Waals surface area (Å²) in [6.45, 7) is 4.70. The van der Waals surface area contributed by atoms with Gasteiger partial charge in [0.25, 0.3) is 0 Å². The first-order chi connectivity index (χ1) is 11.6. The van der Waals surface area contributed by atoms with Crippen LogP contribution in [0.25, 0.3) is 0 Å². The molecule has 0 saturated heterocycles. The minimum Gasteiger partial charge on any atom is -0.494 e. The second-order valence-electron chi connectivity index (χ2n) is 5.82.